The fourth-order valence-corrected chi connectivity index (χ4v) is 3.84. The summed E-state index contributed by atoms with van der Waals surface area (Å²) < 4.78 is 7.13. The maximum atomic E-state index is 11.3. The predicted octanol–water partition coefficient (Wildman–Crippen LogP) is 0.970. The zero-order valence-corrected chi connectivity index (χ0v) is 13.6. The maximum Gasteiger partial charge on any atom is 0.404 e. The van der Waals surface area contributed by atoms with Crippen molar-refractivity contribution in [2.45, 2.75) is 31.4 Å². The van der Waals surface area contributed by atoms with Gasteiger partial charge in [0.2, 0.25) is 5.82 Å². The van der Waals surface area contributed by atoms with Crippen LogP contribution >= 0.6 is 0 Å². The van der Waals surface area contributed by atoms with Crippen LogP contribution in [0.1, 0.15) is 19.3 Å². The number of carboxylic acid groups (broad SMARTS) is 1. The Kier molecular flexibility index (Phi) is 4.08. The second-order valence-corrected chi connectivity index (χ2v) is 6.52. The van der Waals surface area contributed by atoms with Gasteiger partial charge in [-0.25, -0.2) is 9.48 Å². The number of anilines is 1. The van der Waals surface area contributed by atoms with Crippen LogP contribution in [0.3, 0.4) is 0 Å². The van der Waals surface area contributed by atoms with Crippen LogP contribution in [0, 0.1) is 15.5 Å². The molecule has 2 N–H and O–H groups in total. The molecular formula is C14H21N5O5. The summed E-state index contributed by atoms with van der Waals surface area (Å²) in [6.07, 6.45) is 2.25. The van der Waals surface area contributed by atoms with Crippen molar-refractivity contribution in [3.05, 3.63) is 16.3 Å². The van der Waals surface area contributed by atoms with Gasteiger partial charge in [-0.3, -0.25) is 10.1 Å². The molecule has 132 valence electrons. The van der Waals surface area contributed by atoms with E-state index >= 15 is 0 Å². The van der Waals surface area contributed by atoms with Crippen molar-refractivity contribution >= 4 is 17.6 Å². The van der Waals surface area contributed by atoms with E-state index in [4.69, 9.17) is 9.84 Å². The van der Waals surface area contributed by atoms with Crippen molar-refractivity contribution in [1.29, 1.82) is 0 Å². The Labute approximate surface area is 138 Å². The smallest absolute Gasteiger partial charge is 0.404 e. The van der Waals surface area contributed by atoms with Crippen LogP contribution in [0.15, 0.2) is 6.20 Å². The average Bonchev–Trinajstić information content (AvgIpc) is 3.20. The molecule has 2 atom stereocenters. The van der Waals surface area contributed by atoms with Crippen molar-refractivity contribution in [2.24, 2.45) is 12.5 Å². The van der Waals surface area contributed by atoms with E-state index in [2.05, 4.69) is 10.4 Å². The Morgan fingerprint density at radius 3 is 2.83 bits per heavy atom. The van der Waals surface area contributed by atoms with Gasteiger partial charge in [0.15, 0.2) is 0 Å². The normalized spacial score (nSPS) is 25.3. The minimum atomic E-state index is -1.09. The summed E-state index contributed by atoms with van der Waals surface area (Å²) in [5.74, 6) is 0.456. The van der Waals surface area contributed by atoms with Gasteiger partial charge in [-0.05, 0) is 19.3 Å². The number of methoxy groups -OCH3 is 1. The van der Waals surface area contributed by atoms with Crippen molar-refractivity contribution < 1.29 is 19.6 Å². The topological polar surface area (TPSA) is 123 Å². The molecule has 1 amide bonds. The molecule has 24 heavy (non-hydrogen) atoms. The molecule has 1 saturated heterocycles. The molecule has 2 unspecified atom stereocenters. The number of nitrogens with one attached hydrogen (secondary N) is 1. The molecule has 10 nitrogen and oxygen atoms in total. The molecule has 2 heterocycles. The summed E-state index contributed by atoms with van der Waals surface area (Å²) in [6, 6.07) is -0.340. The van der Waals surface area contributed by atoms with Crippen LogP contribution in [0.25, 0.3) is 0 Å². The Bertz CT molecular complexity index is 656. The zero-order valence-electron chi connectivity index (χ0n) is 13.6. The molecule has 2 aliphatic rings. The second-order valence-electron chi connectivity index (χ2n) is 6.52. The monoisotopic (exact) mass is 339 g/mol. The highest BCUT2D eigenvalue weighted by Gasteiger charge is 2.55. The zero-order chi connectivity index (χ0) is 17.5. The van der Waals surface area contributed by atoms with E-state index in [9.17, 15) is 14.9 Å². The third kappa shape index (κ3) is 2.77. The molecule has 0 aromatic carbocycles. The number of aromatic nitrogens is 2. The summed E-state index contributed by atoms with van der Waals surface area (Å²) >= 11 is 0. The van der Waals surface area contributed by atoms with E-state index in [0.29, 0.717) is 25.3 Å². The quantitative estimate of drug-likeness (QED) is 0.619. The fourth-order valence-electron chi connectivity index (χ4n) is 3.84. The highest BCUT2D eigenvalue weighted by molar-refractivity contribution is 5.65. The second kappa shape index (κ2) is 5.93. The van der Waals surface area contributed by atoms with Crippen LogP contribution in [0.5, 0.6) is 0 Å². The van der Waals surface area contributed by atoms with Crippen LogP contribution in [-0.4, -0.2) is 58.2 Å². The summed E-state index contributed by atoms with van der Waals surface area (Å²) in [6.45, 7) is 1.08. The lowest BCUT2D eigenvalue weighted by molar-refractivity contribution is -0.384. The van der Waals surface area contributed by atoms with E-state index in [1.54, 1.807) is 14.2 Å². The number of amides is 1. The van der Waals surface area contributed by atoms with Crippen molar-refractivity contribution in [3.8, 4) is 0 Å². The number of rotatable bonds is 4. The molecule has 1 saturated carbocycles. The average molecular weight is 339 g/mol. The molecule has 1 spiro atoms. The molecule has 0 radical (unpaired) electrons. The minimum absolute atomic E-state index is 0.0353. The highest BCUT2D eigenvalue weighted by Crippen LogP contribution is 2.53. The van der Waals surface area contributed by atoms with Crippen LogP contribution in [0.4, 0.5) is 16.3 Å². The van der Waals surface area contributed by atoms with Crippen molar-refractivity contribution in [2.75, 3.05) is 25.1 Å². The summed E-state index contributed by atoms with van der Waals surface area (Å²) in [7, 11) is 3.26. The number of ether oxygens (including phenoxy) is 1. The number of nitro groups is 1. The summed E-state index contributed by atoms with van der Waals surface area (Å²) in [5, 5.41) is 26.9. The predicted molar refractivity (Wildman–Crippen MR) is 84.1 cm³/mol. The number of aryl methyl sites for hydroxylation is 1. The number of hydrogen-bond acceptors (Lipinski definition) is 6. The third-order valence-corrected chi connectivity index (χ3v) is 5.02. The Morgan fingerprint density at radius 1 is 1.58 bits per heavy atom. The van der Waals surface area contributed by atoms with E-state index in [1.807, 2.05) is 4.90 Å². The molecule has 1 aromatic heterocycles. The minimum Gasteiger partial charge on any atom is -0.465 e. The van der Waals surface area contributed by atoms with Gasteiger partial charge in [-0.2, -0.15) is 5.10 Å². The molecular weight excluding hydrogens is 318 g/mol. The Balaban J connectivity index is 1.92. The van der Waals surface area contributed by atoms with Crippen LogP contribution < -0.4 is 10.2 Å². The number of carbonyl (C=O) groups is 1. The van der Waals surface area contributed by atoms with Gasteiger partial charge in [0, 0.05) is 32.7 Å². The molecule has 10 heteroatoms. The first-order chi connectivity index (χ1) is 11.4. The molecule has 1 aliphatic carbocycles. The van der Waals surface area contributed by atoms with Gasteiger partial charge >= 0.3 is 11.8 Å². The number of hydrogen-bond donors (Lipinski definition) is 2. The van der Waals surface area contributed by atoms with Gasteiger partial charge in [-0.1, -0.05) is 0 Å². The lowest BCUT2D eigenvalue weighted by Crippen LogP contribution is -2.48. The lowest BCUT2D eigenvalue weighted by Gasteiger charge is -2.31. The molecule has 1 aliphatic heterocycles. The van der Waals surface area contributed by atoms with Gasteiger partial charge in [-0.15, -0.1) is 0 Å². The largest absolute Gasteiger partial charge is 0.465 e. The lowest BCUT2D eigenvalue weighted by atomic mass is 9.92. The van der Waals surface area contributed by atoms with Crippen LogP contribution in [0.2, 0.25) is 0 Å². The van der Waals surface area contributed by atoms with E-state index in [0.717, 1.165) is 12.8 Å². The van der Waals surface area contributed by atoms with E-state index in [-0.39, 0.29) is 23.2 Å². The van der Waals surface area contributed by atoms with E-state index in [1.165, 1.54) is 10.9 Å². The first kappa shape index (κ1) is 16.5. The molecule has 1 aromatic rings. The summed E-state index contributed by atoms with van der Waals surface area (Å²) in [4.78, 5) is 23.9. The molecule has 2 fully saturated rings. The first-order valence-corrected chi connectivity index (χ1v) is 7.81. The fraction of sp³-hybridized carbons (Fsp3) is 0.714. The highest BCUT2D eigenvalue weighted by atomic mass is 16.6. The van der Waals surface area contributed by atoms with Crippen molar-refractivity contribution in [1.82, 2.24) is 15.1 Å². The SMILES string of the molecule is COC1C(NC(=O)O)CCN(c2c([N+](=O)[O-])cnn2C)CC12CC2. The Morgan fingerprint density at radius 2 is 2.29 bits per heavy atom. The van der Waals surface area contributed by atoms with E-state index < -0.39 is 11.0 Å². The number of nitrogens with zero attached hydrogens (tertiary/aromatic N) is 4. The van der Waals surface area contributed by atoms with Gasteiger partial charge < -0.3 is 20.1 Å². The standard InChI is InChI=1S/C14H21N5O5/c1-17-12(10(7-15-17)19(22)23)18-6-3-9(16-13(20)21)11(24-2)14(8-18)4-5-14/h7,9,11,16H,3-6,8H2,1-2H3,(H,20,21). The van der Waals surface area contributed by atoms with Crippen molar-refractivity contribution in [3.63, 3.8) is 0 Å². The van der Waals surface area contributed by atoms with Crippen LogP contribution in [-0.2, 0) is 11.8 Å². The van der Waals surface area contributed by atoms with Gasteiger partial charge in [0.25, 0.3) is 0 Å². The maximum absolute atomic E-state index is 11.3. The van der Waals surface area contributed by atoms with Gasteiger partial charge in [0.05, 0.1) is 17.1 Å². The molecule has 3 rings (SSSR count). The first-order valence-electron chi connectivity index (χ1n) is 7.81. The summed E-state index contributed by atoms with van der Waals surface area (Å²) in [5.41, 5.74) is -0.219. The third-order valence-electron chi connectivity index (χ3n) is 5.02. The van der Waals surface area contributed by atoms with Gasteiger partial charge in [0.1, 0.15) is 6.20 Å². The molecule has 0 bridgehead atoms. The Hall–Kier alpha value is -2.36.